The molecule has 4 rings (SSSR count). The fourth-order valence-electron chi connectivity index (χ4n) is 2.99. The number of hydrogen-bond donors (Lipinski definition) is 2. The number of nitrogens with two attached hydrogens (primary N) is 1. The van der Waals surface area contributed by atoms with Crippen LogP contribution in [-0.4, -0.2) is 26.0 Å². The molecule has 3 heterocycles. The molecule has 3 aromatic heterocycles. The second kappa shape index (κ2) is 7.47. The average Bonchev–Trinajstić information content (AvgIpc) is 2.74. The molecule has 2 atom stereocenters. The van der Waals surface area contributed by atoms with Gasteiger partial charge in [-0.1, -0.05) is 30.3 Å². The lowest BCUT2D eigenvalue weighted by Gasteiger charge is -2.23. The first-order valence-electron chi connectivity index (χ1n) is 8.81. The molecule has 0 saturated carbocycles. The van der Waals surface area contributed by atoms with Gasteiger partial charge in [0.2, 0.25) is 0 Å². The molecule has 1 unspecified atom stereocenters. The maximum Gasteiger partial charge on any atom is 0.162 e. The molecule has 134 valence electrons. The largest absolute Gasteiger partial charge is 0.365 e. The van der Waals surface area contributed by atoms with Crippen molar-refractivity contribution in [3.8, 4) is 11.4 Å². The van der Waals surface area contributed by atoms with Crippen LogP contribution in [0.4, 0.5) is 5.82 Å². The van der Waals surface area contributed by atoms with Gasteiger partial charge in [0.1, 0.15) is 5.82 Å². The van der Waals surface area contributed by atoms with Crippen LogP contribution < -0.4 is 11.1 Å². The summed E-state index contributed by atoms with van der Waals surface area (Å²) in [5.41, 5.74) is 9.21. The summed E-state index contributed by atoms with van der Waals surface area (Å²) in [6.45, 7) is 2.05. The summed E-state index contributed by atoms with van der Waals surface area (Å²) in [4.78, 5) is 17.7. The number of nitrogens with one attached hydrogen (secondary N) is 1. The van der Waals surface area contributed by atoms with E-state index in [9.17, 15) is 0 Å². The third kappa shape index (κ3) is 3.61. The fourth-order valence-corrected chi connectivity index (χ4v) is 2.99. The van der Waals surface area contributed by atoms with Gasteiger partial charge in [-0.05, 0) is 30.7 Å². The van der Waals surface area contributed by atoms with Gasteiger partial charge in [0.05, 0.1) is 11.7 Å². The van der Waals surface area contributed by atoms with Crippen molar-refractivity contribution in [2.24, 2.45) is 5.73 Å². The number of pyridine rings is 2. The van der Waals surface area contributed by atoms with E-state index >= 15 is 0 Å². The molecule has 6 heteroatoms. The summed E-state index contributed by atoms with van der Waals surface area (Å²) in [6, 6.07) is 15.5. The summed E-state index contributed by atoms with van der Waals surface area (Å²) in [5.74, 6) is 1.37. The molecule has 0 spiro atoms. The van der Waals surface area contributed by atoms with E-state index in [4.69, 9.17) is 10.7 Å². The molecule has 4 aromatic rings. The lowest BCUT2D eigenvalue weighted by atomic mass is 10.0. The molecule has 6 nitrogen and oxygen atoms in total. The van der Waals surface area contributed by atoms with Crippen LogP contribution in [0.5, 0.6) is 0 Å². The number of rotatable bonds is 5. The van der Waals surface area contributed by atoms with Gasteiger partial charge in [-0.2, -0.15) is 0 Å². The lowest BCUT2D eigenvalue weighted by molar-refractivity contribution is 0.622. The molecule has 0 aliphatic carbocycles. The normalized spacial score (nSPS) is 13.3. The van der Waals surface area contributed by atoms with Crippen LogP contribution in [0, 0.1) is 0 Å². The molecule has 0 aliphatic rings. The number of aromatic nitrogens is 4. The van der Waals surface area contributed by atoms with Gasteiger partial charge in [-0.15, -0.1) is 0 Å². The minimum absolute atomic E-state index is 0.0241. The molecule has 0 amide bonds. The zero-order valence-electron chi connectivity index (χ0n) is 14.9. The van der Waals surface area contributed by atoms with Gasteiger partial charge in [0.25, 0.3) is 0 Å². The molecule has 3 N–H and O–H groups in total. The predicted octanol–water partition coefficient (Wildman–Crippen LogP) is 3.59. The van der Waals surface area contributed by atoms with E-state index in [0.717, 1.165) is 27.8 Å². The maximum absolute atomic E-state index is 6.45. The first-order chi connectivity index (χ1) is 13.2. The number of benzene rings is 1. The van der Waals surface area contributed by atoms with Gasteiger partial charge in [-0.25, -0.2) is 9.97 Å². The SMILES string of the molecule is C[C@H](Nc1nc(-c2ccncc2)nc2cnccc12)C(N)c1ccccc1. The van der Waals surface area contributed by atoms with Crippen molar-refractivity contribution in [3.63, 3.8) is 0 Å². The number of hydrogen-bond acceptors (Lipinski definition) is 6. The second-order valence-corrected chi connectivity index (χ2v) is 6.39. The van der Waals surface area contributed by atoms with E-state index in [2.05, 4.69) is 27.2 Å². The molecular formula is C21H20N6. The highest BCUT2D eigenvalue weighted by Crippen LogP contribution is 2.26. The predicted molar refractivity (Wildman–Crippen MR) is 107 cm³/mol. The highest BCUT2D eigenvalue weighted by molar-refractivity contribution is 5.90. The number of anilines is 1. The van der Waals surface area contributed by atoms with Gasteiger partial charge in [0.15, 0.2) is 5.82 Å². The molecule has 0 fully saturated rings. The van der Waals surface area contributed by atoms with Gasteiger partial charge >= 0.3 is 0 Å². The quantitative estimate of drug-likeness (QED) is 0.568. The zero-order valence-corrected chi connectivity index (χ0v) is 14.9. The van der Waals surface area contributed by atoms with E-state index in [1.165, 1.54) is 0 Å². The van der Waals surface area contributed by atoms with Crippen molar-refractivity contribution < 1.29 is 0 Å². The van der Waals surface area contributed by atoms with E-state index in [-0.39, 0.29) is 12.1 Å². The third-order valence-corrected chi connectivity index (χ3v) is 4.53. The topological polar surface area (TPSA) is 89.6 Å². The van der Waals surface area contributed by atoms with Crippen molar-refractivity contribution in [2.75, 3.05) is 5.32 Å². The Morgan fingerprint density at radius 2 is 1.63 bits per heavy atom. The molecular weight excluding hydrogens is 336 g/mol. The summed E-state index contributed by atoms with van der Waals surface area (Å²) in [7, 11) is 0. The standard InChI is InChI=1S/C21H20N6/c1-14(19(22)15-5-3-2-4-6-15)25-21-17-9-12-24-13-18(17)26-20(27-21)16-7-10-23-11-8-16/h2-14,19H,22H2,1H3,(H,25,26,27)/t14-,19?/m0/s1. The van der Waals surface area contributed by atoms with Crippen LogP contribution >= 0.6 is 0 Å². The molecule has 0 aliphatic heterocycles. The smallest absolute Gasteiger partial charge is 0.162 e. The van der Waals surface area contributed by atoms with Crippen LogP contribution in [0.15, 0.2) is 73.3 Å². The Bertz CT molecular complexity index is 1040. The van der Waals surface area contributed by atoms with Crippen molar-refractivity contribution in [2.45, 2.75) is 19.0 Å². The third-order valence-electron chi connectivity index (χ3n) is 4.53. The minimum Gasteiger partial charge on any atom is -0.365 e. The Morgan fingerprint density at radius 1 is 0.889 bits per heavy atom. The van der Waals surface area contributed by atoms with Gasteiger partial charge < -0.3 is 11.1 Å². The molecule has 0 bridgehead atoms. The van der Waals surface area contributed by atoms with Crippen molar-refractivity contribution in [1.82, 2.24) is 19.9 Å². The van der Waals surface area contributed by atoms with Crippen molar-refractivity contribution >= 4 is 16.7 Å². The van der Waals surface area contributed by atoms with Crippen LogP contribution in [0.25, 0.3) is 22.3 Å². The van der Waals surface area contributed by atoms with Crippen LogP contribution in [0.2, 0.25) is 0 Å². The molecule has 27 heavy (non-hydrogen) atoms. The first kappa shape index (κ1) is 17.1. The molecule has 0 radical (unpaired) electrons. The zero-order chi connectivity index (χ0) is 18.6. The lowest BCUT2D eigenvalue weighted by Crippen LogP contribution is -2.31. The van der Waals surface area contributed by atoms with E-state index < -0.39 is 0 Å². The Balaban J connectivity index is 1.72. The number of fused-ring (bicyclic) bond motifs is 1. The maximum atomic E-state index is 6.45. The second-order valence-electron chi connectivity index (χ2n) is 6.39. The van der Waals surface area contributed by atoms with Crippen LogP contribution in [0.3, 0.4) is 0 Å². The fraction of sp³-hybridized carbons (Fsp3) is 0.143. The van der Waals surface area contributed by atoms with E-state index in [1.54, 1.807) is 24.8 Å². The molecule has 0 saturated heterocycles. The van der Waals surface area contributed by atoms with E-state index in [0.29, 0.717) is 5.82 Å². The van der Waals surface area contributed by atoms with Crippen LogP contribution in [-0.2, 0) is 0 Å². The Morgan fingerprint density at radius 3 is 2.41 bits per heavy atom. The summed E-state index contributed by atoms with van der Waals surface area (Å²) >= 11 is 0. The van der Waals surface area contributed by atoms with Crippen molar-refractivity contribution in [1.29, 1.82) is 0 Å². The van der Waals surface area contributed by atoms with E-state index in [1.807, 2.05) is 48.5 Å². The van der Waals surface area contributed by atoms with Crippen molar-refractivity contribution in [3.05, 3.63) is 78.9 Å². The highest BCUT2D eigenvalue weighted by Gasteiger charge is 2.17. The number of nitrogens with zero attached hydrogens (tertiary/aromatic N) is 4. The summed E-state index contributed by atoms with van der Waals surface area (Å²) in [5, 5.41) is 4.39. The monoisotopic (exact) mass is 356 g/mol. The highest BCUT2D eigenvalue weighted by atomic mass is 15.1. The van der Waals surface area contributed by atoms with Gasteiger partial charge in [0, 0.05) is 41.6 Å². The summed E-state index contributed by atoms with van der Waals surface area (Å²) in [6.07, 6.45) is 6.94. The first-order valence-corrected chi connectivity index (χ1v) is 8.81. The summed E-state index contributed by atoms with van der Waals surface area (Å²) < 4.78 is 0. The minimum atomic E-state index is -0.164. The Hall–Kier alpha value is -3.38. The van der Waals surface area contributed by atoms with Gasteiger partial charge in [-0.3, -0.25) is 9.97 Å². The Kier molecular flexibility index (Phi) is 4.72. The van der Waals surface area contributed by atoms with Crippen LogP contribution in [0.1, 0.15) is 18.5 Å². The molecule has 1 aromatic carbocycles. The Labute approximate surface area is 157 Å². The average molecular weight is 356 g/mol.